The molecule has 2 rings (SSSR count). The van der Waals surface area contributed by atoms with Gasteiger partial charge in [0, 0.05) is 12.2 Å². The Kier molecular flexibility index (Phi) is 4.58. The van der Waals surface area contributed by atoms with E-state index in [0.717, 1.165) is 12.2 Å². The Morgan fingerprint density at radius 2 is 2.22 bits per heavy atom. The first-order valence-electron chi connectivity index (χ1n) is 5.71. The monoisotopic (exact) mass is 267 g/mol. The zero-order valence-corrected chi connectivity index (χ0v) is 10.8. The predicted molar refractivity (Wildman–Crippen MR) is 68.4 cm³/mol. The number of aryl methyl sites for hydroxylation is 1. The molecule has 0 bridgehead atoms. The smallest absolute Gasteiger partial charge is 0.208 e. The Morgan fingerprint density at radius 3 is 2.94 bits per heavy atom. The Balaban J connectivity index is 1.74. The Bertz CT molecular complexity index is 504. The van der Waals surface area contributed by atoms with E-state index < -0.39 is 0 Å². The van der Waals surface area contributed by atoms with Gasteiger partial charge >= 0.3 is 0 Å². The van der Waals surface area contributed by atoms with Gasteiger partial charge in [0.25, 0.3) is 0 Å². The quantitative estimate of drug-likeness (QED) is 0.646. The zero-order chi connectivity index (χ0) is 12.8. The number of hydrogen-bond donors (Lipinski definition) is 1. The summed E-state index contributed by atoms with van der Waals surface area (Å²) in [5.74, 6) is 1.48. The van der Waals surface area contributed by atoms with Gasteiger partial charge in [-0.2, -0.15) is 0 Å². The van der Waals surface area contributed by atoms with E-state index in [0.29, 0.717) is 17.5 Å². The highest BCUT2D eigenvalue weighted by Crippen LogP contribution is 2.17. The molecule has 1 aromatic heterocycles. The molecule has 0 aliphatic carbocycles. The van der Waals surface area contributed by atoms with Crippen LogP contribution in [0.4, 0.5) is 4.39 Å². The lowest BCUT2D eigenvalue weighted by Crippen LogP contribution is -2.01. The summed E-state index contributed by atoms with van der Waals surface area (Å²) in [5, 5.41) is 7.58. The number of nitrogens with zero attached hydrogens (tertiary/aromatic N) is 2. The molecule has 0 atom stereocenters. The van der Waals surface area contributed by atoms with Crippen LogP contribution in [0.5, 0.6) is 5.75 Å². The van der Waals surface area contributed by atoms with Crippen LogP contribution in [0.15, 0.2) is 29.4 Å². The first-order valence-corrected chi connectivity index (χ1v) is 6.69. The summed E-state index contributed by atoms with van der Waals surface area (Å²) in [6, 6.07) is 6.37. The summed E-state index contributed by atoms with van der Waals surface area (Å²) >= 11 is 1.48. The van der Waals surface area contributed by atoms with Crippen LogP contribution in [0.1, 0.15) is 12.7 Å². The van der Waals surface area contributed by atoms with Crippen molar-refractivity contribution >= 4 is 11.8 Å². The van der Waals surface area contributed by atoms with Crippen molar-refractivity contribution < 1.29 is 9.13 Å². The average molecular weight is 267 g/mol. The fraction of sp³-hybridized carbons (Fsp3) is 0.333. The number of ether oxygens (including phenoxy) is 1. The largest absolute Gasteiger partial charge is 0.490 e. The third-order valence-electron chi connectivity index (χ3n) is 2.25. The fourth-order valence-corrected chi connectivity index (χ4v) is 1.98. The minimum absolute atomic E-state index is 0.280. The van der Waals surface area contributed by atoms with E-state index in [1.54, 1.807) is 18.2 Å². The highest BCUT2D eigenvalue weighted by molar-refractivity contribution is 7.99. The summed E-state index contributed by atoms with van der Waals surface area (Å²) in [6.07, 6.45) is 0.833. The molecule has 1 N–H and O–H groups in total. The van der Waals surface area contributed by atoms with Crippen LogP contribution in [0.2, 0.25) is 0 Å². The number of benzene rings is 1. The number of halogens is 1. The van der Waals surface area contributed by atoms with Gasteiger partial charge < -0.3 is 4.74 Å². The number of hydrogen-bond acceptors (Lipinski definition) is 4. The van der Waals surface area contributed by atoms with E-state index in [-0.39, 0.29) is 11.6 Å². The molecule has 0 fully saturated rings. The lowest BCUT2D eigenvalue weighted by atomic mass is 10.3. The van der Waals surface area contributed by atoms with Gasteiger partial charge in [0.15, 0.2) is 11.6 Å². The third kappa shape index (κ3) is 3.46. The van der Waals surface area contributed by atoms with Gasteiger partial charge in [-0.1, -0.05) is 30.8 Å². The topological polar surface area (TPSA) is 50.8 Å². The number of nitrogens with one attached hydrogen (secondary N) is 1. The van der Waals surface area contributed by atoms with Gasteiger partial charge in [-0.3, -0.25) is 5.10 Å². The summed E-state index contributed by atoms with van der Waals surface area (Å²) in [5.41, 5.74) is 0. The van der Waals surface area contributed by atoms with Crippen molar-refractivity contribution in [1.82, 2.24) is 15.2 Å². The van der Waals surface area contributed by atoms with Gasteiger partial charge in [0.2, 0.25) is 5.16 Å². The fourth-order valence-electron chi connectivity index (χ4n) is 1.35. The highest BCUT2D eigenvalue weighted by atomic mass is 32.2. The number of rotatable bonds is 6. The van der Waals surface area contributed by atoms with Gasteiger partial charge in [-0.15, -0.1) is 5.10 Å². The maximum Gasteiger partial charge on any atom is 0.208 e. The maximum atomic E-state index is 13.2. The molecule has 0 amide bonds. The van der Waals surface area contributed by atoms with Crippen molar-refractivity contribution in [2.24, 2.45) is 0 Å². The Hall–Kier alpha value is -1.56. The second-order valence-corrected chi connectivity index (χ2v) is 4.61. The van der Waals surface area contributed by atoms with Crippen LogP contribution in [-0.4, -0.2) is 27.5 Å². The molecule has 1 heterocycles. The molecule has 0 aliphatic rings. The van der Waals surface area contributed by atoms with E-state index in [4.69, 9.17) is 4.74 Å². The van der Waals surface area contributed by atoms with Gasteiger partial charge in [-0.25, -0.2) is 9.37 Å². The molecule has 0 radical (unpaired) electrons. The van der Waals surface area contributed by atoms with Gasteiger partial charge in [0.05, 0.1) is 6.61 Å². The zero-order valence-electron chi connectivity index (χ0n) is 10.0. The number of H-pyrrole nitrogens is 1. The molecule has 0 saturated heterocycles. The van der Waals surface area contributed by atoms with Crippen molar-refractivity contribution in [3.8, 4) is 5.75 Å². The molecule has 1 aromatic carbocycles. The molecule has 0 spiro atoms. The third-order valence-corrected chi connectivity index (χ3v) is 3.07. The van der Waals surface area contributed by atoms with Crippen LogP contribution in [0.25, 0.3) is 0 Å². The minimum atomic E-state index is -0.339. The minimum Gasteiger partial charge on any atom is -0.490 e. The summed E-state index contributed by atoms with van der Waals surface area (Å²) in [6.45, 7) is 2.43. The maximum absolute atomic E-state index is 13.2. The number of thioether (sulfide) groups is 1. The van der Waals surface area contributed by atoms with Crippen LogP contribution < -0.4 is 4.74 Å². The van der Waals surface area contributed by atoms with E-state index in [1.165, 1.54) is 17.8 Å². The SMILES string of the molecule is CCc1nc(SCCOc2ccccc2F)n[nH]1. The number of aromatic nitrogens is 3. The molecule has 0 saturated carbocycles. The molecule has 0 aliphatic heterocycles. The first kappa shape index (κ1) is 12.9. The van der Waals surface area contributed by atoms with Crippen molar-refractivity contribution in [3.63, 3.8) is 0 Å². The standard InChI is InChI=1S/C12H14FN3OS/c1-2-11-14-12(16-15-11)18-8-7-17-10-6-4-3-5-9(10)13/h3-6H,2,7-8H2,1H3,(H,14,15,16). The second-order valence-electron chi connectivity index (χ2n) is 3.55. The predicted octanol–water partition coefficient (Wildman–Crippen LogP) is 2.68. The Labute approximate surface area is 109 Å². The summed E-state index contributed by atoms with van der Waals surface area (Å²) in [7, 11) is 0. The van der Waals surface area contributed by atoms with E-state index in [2.05, 4.69) is 15.2 Å². The molecule has 0 unspecified atom stereocenters. The molecule has 6 heteroatoms. The van der Waals surface area contributed by atoms with Crippen LogP contribution >= 0.6 is 11.8 Å². The van der Waals surface area contributed by atoms with Crippen LogP contribution in [-0.2, 0) is 6.42 Å². The molecule has 18 heavy (non-hydrogen) atoms. The van der Waals surface area contributed by atoms with E-state index in [9.17, 15) is 4.39 Å². The molecular weight excluding hydrogens is 253 g/mol. The van der Waals surface area contributed by atoms with Crippen LogP contribution in [0, 0.1) is 5.82 Å². The number of aromatic amines is 1. The van der Waals surface area contributed by atoms with Crippen molar-refractivity contribution in [2.75, 3.05) is 12.4 Å². The van der Waals surface area contributed by atoms with Crippen LogP contribution in [0.3, 0.4) is 0 Å². The summed E-state index contributed by atoms with van der Waals surface area (Å²) in [4.78, 5) is 4.26. The summed E-state index contributed by atoms with van der Waals surface area (Å²) < 4.78 is 18.6. The number of para-hydroxylation sites is 1. The lowest BCUT2D eigenvalue weighted by molar-refractivity contribution is 0.325. The second kappa shape index (κ2) is 6.39. The van der Waals surface area contributed by atoms with E-state index in [1.807, 2.05) is 6.92 Å². The van der Waals surface area contributed by atoms with E-state index >= 15 is 0 Å². The normalized spacial score (nSPS) is 10.6. The average Bonchev–Trinajstić information content (AvgIpc) is 2.84. The van der Waals surface area contributed by atoms with Crippen molar-refractivity contribution in [3.05, 3.63) is 35.9 Å². The van der Waals surface area contributed by atoms with Gasteiger partial charge in [0.1, 0.15) is 5.82 Å². The first-order chi connectivity index (χ1) is 8.79. The molecule has 96 valence electrons. The highest BCUT2D eigenvalue weighted by Gasteiger charge is 2.04. The molecule has 2 aromatic rings. The molecular formula is C12H14FN3OS. The molecule has 4 nitrogen and oxygen atoms in total. The van der Waals surface area contributed by atoms with Gasteiger partial charge in [-0.05, 0) is 12.1 Å². The van der Waals surface area contributed by atoms with Crippen molar-refractivity contribution in [1.29, 1.82) is 0 Å². The Morgan fingerprint density at radius 1 is 1.39 bits per heavy atom. The van der Waals surface area contributed by atoms with Crippen molar-refractivity contribution in [2.45, 2.75) is 18.5 Å². The lowest BCUT2D eigenvalue weighted by Gasteiger charge is -2.05.